The number of hydrogen-bond donors (Lipinski definition) is 0. The Labute approximate surface area is 254 Å². The average molecular weight is 582 g/mol. The van der Waals surface area contributed by atoms with Crippen LogP contribution in [0.5, 0.6) is 0 Å². The molecule has 0 unspecified atom stereocenters. The molecule has 0 aliphatic heterocycles. The van der Waals surface area contributed by atoms with Crippen LogP contribution in [0, 0.1) is 17.9 Å². The number of thiophene rings is 2. The fraction of sp³-hybridized carbons (Fsp3) is 0. The lowest BCUT2D eigenvalue weighted by Gasteiger charge is -2.10. The highest BCUT2D eigenvalue weighted by atomic mass is 32.1. The van der Waals surface area contributed by atoms with Gasteiger partial charge >= 0.3 is 0 Å². The Morgan fingerprint density at radius 1 is 0.628 bits per heavy atom. The fourth-order valence-electron chi connectivity index (χ4n) is 6.57. The molecule has 6 aromatic carbocycles. The number of benzene rings is 6. The zero-order valence-electron chi connectivity index (χ0n) is 22.6. The highest BCUT2D eigenvalue weighted by molar-refractivity contribution is 7.27. The Balaban J connectivity index is 1.37. The molecule has 9 aromatic rings. The molecule has 5 heteroatoms. The molecule has 0 saturated carbocycles. The molecular weight excluding hydrogens is 563 g/mol. The van der Waals surface area contributed by atoms with E-state index in [0.717, 1.165) is 58.8 Å². The lowest BCUT2D eigenvalue weighted by molar-refractivity contribution is 1.20. The average Bonchev–Trinajstić information content (AvgIpc) is 3.73. The summed E-state index contributed by atoms with van der Waals surface area (Å²) >= 11 is 3.52. The second-order valence-corrected chi connectivity index (χ2v) is 12.8. The summed E-state index contributed by atoms with van der Waals surface area (Å²) in [5.41, 5.74) is 6.86. The Hall–Kier alpha value is -5.46. The largest absolute Gasteiger partial charge is 0.308 e. The van der Waals surface area contributed by atoms with E-state index in [-0.39, 0.29) is 0 Å². The maximum atomic E-state index is 9.60. The highest BCUT2D eigenvalue weighted by Crippen LogP contribution is 2.48. The van der Waals surface area contributed by atoms with Gasteiger partial charge in [0.25, 0.3) is 0 Å². The Morgan fingerprint density at radius 2 is 1.42 bits per heavy atom. The van der Waals surface area contributed by atoms with E-state index in [4.69, 9.17) is 6.57 Å². The van der Waals surface area contributed by atoms with E-state index in [1.807, 2.05) is 35.6 Å². The van der Waals surface area contributed by atoms with Crippen LogP contribution in [-0.2, 0) is 0 Å². The lowest BCUT2D eigenvalue weighted by Crippen LogP contribution is -1.93. The first-order valence-corrected chi connectivity index (χ1v) is 15.6. The molecule has 9 rings (SSSR count). The van der Waals surface area contributed by atoms with Gasteiger partial charge in [-0.1, -0.05) is 66.7 Å². The Bertz CT molecular complexity index is 2710. The van der Waals surface area contributed by atoms with Gasteiger partial charge in [-0.25, -0.2) is 4.85 Å². The molecule has 3 heterocycles. The maximum Gasteiger partial charge on any atom is 0.204 e. The van der Waals surface area contributed by atoms with Gasteiger partial charge in [-0.3, -0.25) is 0 Å². The molecule has 0 bridgehead atoms. The first kappa shape index (κ1) is 24.2. The van der Waals surface area contributed by atoms with Gasteiger partial charge in [0.2, 0.25) is 5.69 Å². The molecule has 0 atom stereocenters. The van der Waals surface area contributed by atoms with Gasteiger partial charge in [0.1, 0.15) is 0 Å². The van der Waals surface area contributed by atoms with Gasteiger partial charge in [0.15, 0.2) is 0 Å². The van der Waals surface area contributed by atoms with Crippen LogP contribution in [0.15, 0.2) is 115 Å². The quantitative estimate of drug-likeness (QED) is 0.187. The molecule has 0 radical (unpaired) electrons. The molecular formula is C38H19N3S2. The number of fused-ring (bicyclic) bond motifs is 9. The molecule has 43 heavy (non-hydrogen) atoms. The second kappa shape index (κ2) is 9.02. The van der Waals surface area contributed by atoms with Crippen molar-refractivity contribution in [1.29, 1.82) is 5.26 Å². The van der Waals surface area contributed by atoms with Crippen LogP contribution in [0.25, 0.3) is 83.8 Å². The van der Waals surface area contributed by atoms with Gasteiger partial charge in [0, 0.05) is 41.0 Å². The summed E-state index contributed by atoms with van der Waals surface area (Å²) in [5, 5.41) is 16.6. The third kappa shape index (κ3) is 3.38. The van der Waals surface area contributed by atoms with Crippen molar-refractivity contribution < 1.29 is 0 Å². The fourth-order valence-corrected chi connectivity index (χ4v) is 8.95. The van der Waals surface area contributed by atoms with Gasteiger partial charge in [-0.2, -0.15) is 5.26 Å². The van der Waals surface area contributed by atoms with E-state index in [1.54, 1.807) is 11.3 Å². The van der Waals surface area contributed by atoms with Crippen LogP contribution >= 0.6 is 22.7 Å². The standard InChI is InChI=1S/C38H19N3S2/c1-40-30-16-15-24(23-14-18-35-29(20-23)26-8-3-5-12-34(26)42-35)36-27-9-6-11-33(37(27)43-38(30)36)41-31-10-4-2-7-25(31)28-19-22(21-39)13-17-32(28)41/h2-20H. The van der Waals surface area contributed by atoms with Crippen LogP contribution < -0.4 is 0 Å². The lowest BCUT2D eigenvalue weighted by atomic mass is 9.97. The van der Waals surface area contributed by atoms with E-state index in [1.165, 1.54) is 20.2 Å². The number of rotatable bonds is 2. The smallest absolute Gasteiger partial charge is 0.204 e. The minimum Gasteiger partial charge on any atom is -0.308 e. The molecule has 198 valence electrons. The SMILES string of the molecule is [C-]#[N+]c1ccc(-c2ccc3sc4ccccc4c3c2)c2c1sc1c(-n3c4ccccc4c4cc(C#N)ccc43)cccc12. The molecule has 0 aliphatic carbocycles. The van der Waals surface area contributed by atoms with Gasteiger partial charge in [0.05, 0.1) is 39.6 Å². The molecule has 0 fully saturated rings. The van der Waals surface area contributed by atoms with Crippen molar-refractivity contribution in [3.05, 3.63) is 132 Å². The molecule has 3 aromatic heterocycles. The highest BCUT2D eigenvalue weighted by Gasteiger charge is 2.20. The van der Waals surface area contributed by atoms with Gasteiger partial charge in [-0.15, -0.1) is 22.7 Å². The Morgan fingerprint density at radius 3 is 2.30 bits per heavy atom. The topological polar surface area (TPSA) is 33.1 Å². The van der Waals surface area contributed by atoms with Crippen molar-refractivity contribution in [3.8, 4) is 22.9 Å². The van der Waals surface area contributed by atoms with E-state index in [0.29, 0.717) is 11.3 Å². The first-order valence-electron chi connectivity index (χ1n) is 13.9. The molecule has 0 aliphatic rings. The monoisotopic (exact) mass is 581 g/mol. The maximum absolute atomic E-state index is 9.60. The summed E-state index contributed by atoms with van der Waals surface area (Å²) in [6.45, 7) is 8.00. The van der Waals surface area contributed by atoms with Crippen LogP contribution in [0.2, 0.25) is 0 Å². The number of nitrogens with zero attached hydrogens (tertiary/aromatic N) is 3. The van der Waals surface area contributed by atoms with Crippen molar-refractivity contribution in [2.24, 2.45) is 0 Å². The van der Waals surface area contributed by atoms with Gasteiger partial charge in [-0.05, 0) is 65.0 Å². The van der Waals surface area contributed by atoms with E-state index >= 15 is 0 Å². The predicted octanol–water partition coefficient (Wildman–Crippen LogP) is 11.6. The summed E-state index contributed by atoms with van der Waals surface area (Å²) in [5.74, 6) is 0. The van der Waals surface area contributed by atoms with Crippen LogP contribution in [0.4, 0.5) is 5.69 Å². The minimum absolute atomic E-state index is 0.650. The molecule has 0 saturated heterocycles. The van der Waals surface area contributed by atoms with Crippen molar-refractivity contribution in [1.82, 2.24) is 4.57 Å². The number of hydrogen-bond acceptors (Lipinski definition) is 3. The predicted molar refractivity (Wildman–Crippen MR) is 183 cm³/mol. The third-order valence-electron chi connectivity index (χ3n) is 8.46. The summed E-state index contributed by atoms with van der Waals surface area (Å²) in [6.07, 6.45) is 0. The molecule has 0 spiro atoms. The first-order chi connectivity index (χ1) is 21.2. The van der Waals surface area contributed by atoms with Crippen molar-refractivity contribution in [2.75, 3.05) is 0 Å². The van der Waals surface area contributed by atoms with Crippen LogP contribution in [0.1, 0.15) is 5.56 Å². The normalized spacial score (nSPS) is 11.7. The Kier molecular flexibility index (Phi) is 5.07. The molecule has 0 amide bonds. The van der Waals surface area contributed by atoms with E-state index in [2.05, 4.69) is 106 Å². The summed E-state index contributed by atoms with van der Waals surface area (Å²) in [6, 6.07) is 42.5. The van der Waals surface area contributed by atoms with E-state index in [9.17, 15) is 5.26 Å². The molecule has 0 N–H and O–H groups in total. The summed E-state index contributed by atoms with van der Waals surface area (Å²) in [7, 11) is 0. The number of aromatic nitrogens is 1. The van der Waals surface area contributed by atoms with Crippen molar-refractivity contribution in [2.45, 2.75) is 0 Å². The van der Waals surface area contributed by atoms with Crippen LogP contribution in [0.3, 0.4) is 0 Å². The van der Waals surface area contributed by atoms with E-state index < -0.39 is 0 Å². The number of nitriles is 1. The summed E-state index contributed by atoms with van der Waals surface area (Å²) in [4.78, 5) is 3.95. The van der Waals surface area contributed by atoms with Crippen molar-refractivity contribution in [3.63, 3.8) is 0 Å². The third-order valence-corrected chi connectivity index (χ3v) is 10.9. The molecule has 3 nitrogen and oxygen atoms in total. The number of para-hydroxylation sites is 1. The van der Waals surface area contributed by atoms with Crippen LogP contribution in [-0.4, -0.2) is 4.57 Å². The summed E-state index contributed by atoms with van der Waals surface area (Å²) < 4.78 is 7.04. The second-order valence-electron chi connectivity index (χ2n) is 10.7. The van der Waals surface area contributed by atoms with Gasteiger partial charge < -0.3 is 4.57 Å². The minimum atomic E-state index is 0.650. The van der Waals surface area contributed by atoms with Crippen molar-refractivity contribution >= 4 is 90.5 Å². The zero-order chi connectivity index (χ0) is 28.7. The zero-order valence-corrected chi connectivity index (χ0v) is 24.3.